The number of fused-ring (bicyclic) bond motifs is 1. The van der Waals surface area contributed by atoms with Crippen molar-refractivity contribution in [3.63, 3.8) is 0 Å². The zero-order valence-corrected chi connectivity index (χ0v) is 10.8. The minimum absolute atomic E-state index is 0.0129. The summed E-state index contributed by atoms with van der Waals surface area (Å²) in [5.74, 6) is -0.276. The predicted molar refractivity (Wildman–Crippen MR) is 72.3 cm³/mol. The summed E-state index contributed by atoms with van der Waals surface area (Å²) in [4.78, 5) is 30.5. The highest BCUT2D eigenvalue weighted by molar-refractivity contribution is 6.16. The molecule has 1 aromatic heterocycles. The zero-order chi connectivity index (χ0) is 14.1. The lowest BCUT2D eigenvalue weighted by molar-refractivity contribution is -0.139. The summed E-state index contributed by atoms with van der Waals surface area (Å²) >= 11 is 0. The van der Waals surface area contributed by atoms with Gasteiger partial charge in [-0.25, -0.2) is 4.98 Å². The van der Waals surface area contributed by atoms with E-state index in [2.05, 4.69) is 19.8 Å². The number of para-hydroxylation sites is 2. The molecule has 1 aliphatic rings. The van der Waals surface area contributed by atoms with Gasteiger partial charge < -0.3 is 9.72 Å². The molecule has 2 heterocycles. The molecule has 0 atom stereocenters. The third kappa shape index (κ3) is 2.13. The molecule has 0 bridgehead atoms. The van der Waals surface area contributed by atoms with Crippen molar-refractivity contribution >= 4 is 34.6 Å². The molecule has 3 rings (SSSR count). The molecule has 102 valence electrons. The van der Waals surface area contributed by atoms with Crippen molar-refractivity contribution < 1.29 is 14.3 Å². The van der Waals surface area contributed by atoms with Crippen molar-refractivity contribution in [1.82, 2.24) is 9.97 Å². The fourth-order valence-corrected chi connectivity index (χ4v) is 2.02. The first-order valence-electron chi connectivity index (χ1n) is 6.08. The van der Waals surface area contributed by atoms with Crippen LogP contribution in [0.5, 0.6) is 0 Å². The number of carbonyl (C=O) groups is 2. The van der Waals surface area contributed by atoms with E-state index in [-0.39, 0.29) is 18.7 Å². The van der Waals surface area contributed by atoms with Crippen LogP contribution in [0.25, 0.3) is 11.0 Å². The molecule has 2 aromatic rings. The van der Waals surface area contributed by atoms with Crippen molar-refractivity contribution in [1.29, 1.82) is 0 Å². The lowest BCUT2D eigenvalue weighted by Gasteiger charge is -2.05. The van der Waals surface area contributed by atoms with E-state index >= 15 is 0 Å². The smallest absolute Gasteiger partial charge is 0.311 e. The van der Waals surface area contributed by atoms with Gasteiger partial charge in [0, 0.05) is 0 Å². The highest BCUT2D eigenvalue weighted by atomic mass is 16.5. The molecule has 0 fully saturated rings. The van der Waals surface area contributed by atoms with Crippen LogP contribution < -0.4 is 5.01 Å². The summed E-state index contributed by atoms with van der Waals surface area (Å²) in [6.45, 7) is 0. The molecule has 0 saturated heterocycles. The van der Waals surface area contributed by atoms with Crippen LogP contribution in [0.1, 0.15) is 12.8 Å². The Morgan fingerprint density at radius 3 is 3.00 bits per heavy atom. The van der Waals surface area contributed by atoms with Crippen LogP contribution in [-0.4, -0.2) is 34.7 Å². The fourth-order valence-electron chi connectivity index (χ4n) is 2.02. The number of H-pyrrole nitrogens is 1. The van der Waals surface area contributed by atoms with E-state index in [0.29, 0.717) is 11.7 Å². The molecular weight excluding hydrogens is 260 g/mol. The van der Waals surface area contributed by atoms with Crippen molar-refractivity contribution in [2.75, 3.05) is 12.1 Å². The van der Waals surface area contributed by atoms with E-state index in [9.17, 15) is 9.59 Å². The summed E-state index contributed by atoms with van der Waals surface area (Å²) in [5, 5.41) is 5.32. The topological polar surface area (TPSA) is 87.7 Å². The molecule has 0 radical (unpaired) electrons. The first-order chi connectivity index (χ1) is 9.67. The van der Waals surface area contributed by atoms with Gasteiger partial charge >= 0.3 is 5.97 Å². The lowest BCUT2D eigenvalue weighted by atomic mass is 10.2. The van der Waals surface area contributed by atoms with Gasteiger partial charge in [0.2, 0.25) is 5.95 Å². The number of benzene rings is 1. The first-order valence-corrected chi connectivity index (χ1v) is 6.08. The van der Waals surface area contributed by atoms with Gasteiger partial charge in [0.25, 0.3) is 5.91 Å². The van der Waals surface area contributed by atoms with Crippen molar-refractivity contribution in [3.05, 3.63) is 24.3 Å². The van der Waals surface area contributed by atoms with Gasteiger partial charge in [-0.1, -0.05) is 12.1 Å². The number of amides is 1. The minimum atomic E-state index is -0.414. The predicted octanol–water partition coefficient (Wildman–Crippen LogP) is 1.22. The second-order valence-corrected chi connectivity index (χ2v) is 4.38. The van der Waals surface area contributed by atoms with Crippen LogP contribution in [0, 0.1) is 0 Å². The van der Waals surface area contributed by atoms with Crippen LogP contribution in [0.2, 0.25) is 0 Å². The van der Waals surface area contributed by atoms with E-state index < -0.39 is 5.97 Å². The molecule has 1 amide bonds. The molecule has 0 unspecified atom stereocenters. The van der Waals surface area contributed by atoms with Gasteiger partial charge in [-0.15, -0.1) is 0 Å². The number of aromatic amines is 1. The van der Waals surface area contributed by atoms with Crippen molar-refractivity contribution in [3.8, 4) is 0 Å². The molecule has 0 spiro atoms. The molecule has 0 saturated carbocycles. The number of carbonyl (C=O) groups excluding carboxylic acids is 2. The number of hydrazone groups is 1. The monoisotopic (exact) mass is 272 g/mol. The van der Waals surface area contributed by atoms with Crippen LogP contribution >= 0.6 is 0 Å². The molecule has 1 N–H and O–H groups in total. The average Bonchev–Trinajstić information content (AvgIpc) is 3.01. The van der Waals surface area contributed by atoms with E-state index in [1.54, 1.807) is 0 Å². The van der Waals surface area contributed by atoms with Crippen LogP contribution in [0.15, 0.2) is 29.4 Å². The van der Waals surface area contributed by atoms with Gasteiger partial charge in [0.1, 0.15) is 0 Å². The second kappa shape index (κ2) is 4.76. The highest BCUT2D eigenvalue weighted by Gasteiger charge is 2.28. The van der Waals surface area contributed by atoms with Crippen molar-refractivity contribution in [2.45, 2.75) is 12.8 Å². The molecule has 1 aliphatic heterocycles. The summed E-state index contributed by atoms with van der Waals surface area (Å²) in [7, 11) is 1.30. The van der Waals surface area contributed by atoms with Gasteiger partial charge in [0.15, 0.2) is 0 Å². The van der Waals surface area contributed by atoms with Crippen molar-refractivity contribution in [2.24, 2.45) is 5.10 Å². The Morgan fingerprint density at radius 1 is 1.45 bits per heavy atom. The van der Waals surface area contributed by atoms with Gasteiger partial charge in [0.05, 0.1) is 36.7 Å². The number of methoxy groups -OCH3 is 1. The lowest BCUT2D eigenvalue weighted by Crippen LogP contribution is -2.20. The molecule has 7 nitrogen and oxygen atoms in total. The second-order valence-electron chi connectivity index (χ2n) is 4.38. The maximum Gasteiger partial charge on any atom is 0.311 e. The number of hydrogen-bond acceptors (Lipinski definition) is 5. The first kappa shape index (κ1) is 12.3. The Bertz CT molecular complexity index is 686. The summed E-state index contributed by atoms with van der Waals surface area (Å²) < 4.78 is 4.56. The minimum Gasteiger partial charge on any atom is -0.469 e. The Balaban J connectivity index is 1.89. The summed E-state index contributed by atoms with van der Waals surface area (Å²) in [6.07, 6.45) is 0.116. The summed E-state index contributed by atoms with van der Waals surface area (Å²) in [5.41, 5.74) is 2.06. The number of anilines is 1. The number of nitrogens with zero attached hydrogens (tertiary/aromatic N) is 3. The van der Waals surface area contributed by atoms with Crippen LogP contribution in [0.4, 0.5) is 5.95 Å². The average molecular weight is 272 g/mol. The number of nitrogens with one attached hydrogen (secondary N) is 1. The molecular formula is C13H12N4O3. The normalized spacial score (nSPS) is 14.8. The Kier molecular flexibility index (Phi) is 2.94. The number of rotatable bonds is 3. The van der Waals surface area contributed by atoms with E-state index in [1.807, 2.05) is 24.3 Å². The third-order valence-electron chi connectivity index (χ3n) is 2.99. The Morgan fingerprint density at radius 2 is 2.25 bits per heavy atom. The molecule has 1 aromatic carbocycles. The standard InChI is InChI=1S/C13H12N4O3/c1-20-12(19)7-8-6-11(18)17(16-8)13-14-9-4-2-3-5-10(9)15-13/h2-5H,6-7H2,1H3,(H,14,15). The summed E-state index contributed by atoms with van der Waals surface area (Å²) in [6, 6.07) is 7.45. The maximum absolute atomic E-state index is 11.9. The Hall–Kier alpha value is -2.70. The number of aromatic nitrogens is 2. The van der Waals surface area contributed by atoms with Crippen LogP contribution in [0.3, 0.4) is 0 Å². The molecule has 7 heteroatoms. The number of esters is 1. The van der Waals surface area contributed by atoms with Gasteiger partial charge in [-0.3, -0.25) is 9.59 Å². The van der Waals surface area contributed by atoms with Gasteiger partial charge in [-0.05, 0) is 12.1 Å². The SMILES string of the molecule is COC(=O)CC1=NN(c2nc3ccccc3[nH]2)C(=O)C1. The fraction of sp³-hybridized carbons (Fsp3) is 0.231. The largest absolute Gasteiger partial charge is 0.469 e. The maximum atomic E-state index is 11.9. The van der Waals surface area contributed by atoms with Crippen LogP contribution in [-0.2, 0) is 14.3 Å². The highest BCUT2D eigenvalue weighted by Crippen LogP contribution is 2.21. The number of imidazole rings is 1. The van der Waals surface area contributed by atoms with E-state index in [1.165, 1.54) is 12.1 Å². The molecule has 20 heavy (non-hydrogen) atoms. The van der Waals surface area contributed by atoms with Gasteiger partial charge in [-0.2, -0.15) is 10.1 Å². The van der Waals surface area contributed by atoms with E-state index in [4.69, 9.17) is 0 Å². The number of hydrogen-bond donors (Lipinski definition) is 1. The Labute approximate surface area is 114 Å². The molecule has 0 aliphatic carbocycles. The third-order valence-corrected chi connectivity index (χ3v) is 2.99. The zero-order valence-electron chi connectivity index (χ0n) is 10.8. The quantitative estimate of drug-likeness (QED) is 0.851. The number of ether oxygens (including phenoxy) is 1. The van der Waals surface area contributed by atoms with E-state index in [0.717, 1.165) is 11.0 Å².